The van der Waals surface area contributed by atoms with E-state index in [-0.39, 0.29) is 23.3 Å². The van der Waals surface area contributed by atoms with Crippen LogP contribution < -0.4 is 10.6 Å². The highest BCUT2D eigenvalue weighted by atomic mass is 32.2. The molecule has 2 aromatic heterocycles. The first kappa shape index (κ1) is 20.6. The van der Waals surface area contributed by atoms with Crippen molar-refractivity contribution < 1.29 is 14.1 Å². The van der Waals surface area contributed by atoms with E-state index in [9.17, 15) is 9.59 Å². The molecule has 30 heavy (non-hydrogen) atoms. The van der Waals surface area contributed by atoms with Gasteiger partial charge in [-0.2, -0.15) is 0 Å². The second-order valence-electron chi connectivity index (χ2n) is 7.14. The highest BCUT2D eigenvalue weighted by Gasteiger charge is 2.13. The normalized spacial score (nSPS) is 13.0. The van der Waals surface area contributed by atoms with Gasteiger partial charge in [0, 0.05) is 17.0 Å². The Labute approximate surface area is 182 Å². The molecule has 2 amide bonds. The number of benzene rings is 1. The molecule has 0 aliphatic heterocycles. The average Bonchev–Trinajstić information content (AvgIpc) is 3.36. The number of hydrogen-bond acceptors (Lipinski definition) is 7. The van der Waals surface area contributed by atoms with Crippen LogP contribution in [0.3, 0.4) is 0 Å². The SMILES string of the molecule is Cc1cc(NC(=O)CSCC(=O)Nc2nc(-c3ccc4c(c3)CCCC4)cs2)no1. The molecule has 4 rings (SSSR count). The summed E-state index contributed by atoms with van der Waals surface area (Å²) in [5.41, 5.74) is 4.81. The van der Waals surface area contributed by atoms with Crippen molar-refractivity contribution in [1.82, 2.24) is 10.1 Å². The van der Waals surface area contributed by atoms with Crippen LogP contribution >= 0.6 is 23.1 Å². The zero-order valence-corrected chi connectivity index (χ0v) is 18.2. The molecule has 0 bridgehead atoms. The smallest absolute Gasteiger partial charge is 0.236 e. The van der Waals surface area contributed by atoms with Gasteiger partial charge >= 0.3 is 0 Å². The summed E-state index contributed by atoms with van der Waals surface area (Å²) >= 11 is 2.63. The van der Waals surface area contributed by atoms with Gasteiger partial charge < -0.3 is 15.2 Å². The van der Waals surface area contributed by atoms with Crippen LogP contribution in [0.5, 0.6) is 0 Å². The number of nitrogens with zero attached hydrogens (tertiary/aromatic N) is 2. The predicted octanol–water partition coefficient (Wildman–Crippen LogP) is 4.30. The fourth-order valence-corrected chi connectivity index (χ4v) is 4.71. The Morgan fingerprint density at radius 2 is 1.87 bits per heavy atom. The van der Waals surface area contributed by atoms with Crippen molar-refractivity contribution in [3.05, 3.63) is 46.5 Å². The molecule has 2 heterocycles. The van der Waals surface area contributed by atoms with Gasteiger partial charge in [-0.3, -0.25) is 9.59 Å². The molecule has 0 saturated heterocycles. The van der Waals surface area contributed by atoms with E-state index in [1.165, 1.54) is 47.1 Å². The molecule has 1 aliphatic carbocycles. The molecule has 7 nitrogen and oxygen atoms in total. The lowest BCUT2D eigenvalue weighted by Crippen LogP contribution is -2.18. The van der Waals surface area contributed by atoms with E-state index in [0.717, 1.165) is 24.1 Å². The maximum Gasteiger partial charge on any atom is 0.236 e. The van der Waals surface area contributed by atoms with E-state index in [4.69, 9.17) is 4.52 Å². The third kappa shape index (κ3) is 5.28. The number of rotatable bonds is 7. The van der Waals surface area contributed by atoms with Crippen LogP contribution in [0.1, 0.15) is 29.7 Å². The molecule has 0 unspecified atom stereocenters. The van der Waals surface area contributed by atoms with Gasteiger partial charge in [-0.15, -0.1) is 23.1 Å². The van der Waals surface area contributed by atoms with E-state index < -0.39 is 0 Å². The molecule has 1 aliphatic rings. The number of thiazole rings is 1. The highest BCUT2D eigenvalue weighted by molar-refractivity contribution is 8.00. The van der Waals surface area contributed by atoms with Crippen LogP contribution in [-0.4, -0.2) is 33.5 Å². The third-order valence-corrected chi connectivity index (χ3v) is 6.45. The summed E-state index contributed by atoms with van der Waals surface area (Å²) in [6, 6.07) is 8.16. The summed E-state index contributed by atoms with van der Waals surface area (Å²) < 4.78 is 4.89. The molecule has 2 N–H and O–H groups in total. The molecule has 0 radical (unpaired) electrons. The first-order valence-electron chi connectivity index (χ1n) is 9.75. The van der Waals surface area contributed by atoms with Gasteiger partial charge in [-0.1, -0.05) is 17.3 Å². The second-order valence-corrected chi connectivity index (χ2v) is 8.98. The number of nitrogens with one attached hydrogen (secondary N) is 2. The summed E-state index contributed by atoms with van der Waals surface area (Å²) in [5.74, 6) is 0.897. The maximum absolute atomic E-state index is 12.2. The molecular formula is C21H22N4O3S2. The van der Waals surface area contributed by atoms with Crippen molar-refractivity contribution in [3.63, 3.8) is 0 Å². The zero-order valence-electron chi connectivity index (χ0n) is 16.6. The number of carbonyl (C=O) groups is 2. The van der Waals surface area contributed by atoms with Crippen molar-refractivity contribution in [2.75, 3.05) is 22.1 Å². The zero-order chi connectivity index (χ0) is 20.9. The second kappa shape index (κ2) is 9.44. The molecule has 0 fully saturated rings. The van der Waals surface area contributed by atoms with Crippen LogP contribution in [0.25, 0.3) is 11.3 Å². The van der Waals surface area contributed by atoms with E-state index in [0.29, 0.717) is 16.7 Å². The van der Waals surface area contributed by atoms with Crippen LogP contribution in [0.4, 0.5) is 10.9 Å². The Bertz CT molecular complexity index is 1060. The standard InChI is InChI=1S/C21H22N4O3S2/c1-13-8-18(25-28-13)23-19(26)11-29-12-20(27)24-21-22-17(10-30-21)16-7-6-14-4-2-3-5-15(14)9-16/h6-10H,2-5,11-12H2,1H3,(H,22,24,27)(H,23,25,26). The van der Waals surface area contributed by atoms with Gasteiger partial charge in [0.15, 0.2) is 10.9 Å². The molecule has 3 aromatic rings. The largest absolute Gasteiger partial charge is 0.360 e. The van der Waals surface area contributed by atoms with Crippen molar-refractivity contribution in [1.29, 1.82) is 0 Å². The lowest BCUT2D eigenvalue weighted by Gasteiger charge is -2.16. The first-order valence-corrected chi connectivity index (χ1v) is 11.8. The highest BCUT2D eigenvalue weighted by Crippen LogP contribution is 2.29. The van der Waals surface area contributed by atoms with Crippen LogP contribution in [0.15, 0.2) is 34.2 Å². The summed E-state index contributed by atoms with van der Waals surface area (Å²) in [6.45, 7) is 1.75. The number of thioether (sulfide) groups is 1. The summed E-state index contributed by atoms with van der Waals surface area (Å²) in [6.07, 6.45) is 4.78. The van der Waals surface area contributed by atoms with Gasteiger partial charge in [-0.05, 0) is 49.8 Å². The Morgan fingerprint density at radius 1 is 1.10 bits per heavy atom. The van der Waals surface area contributed by atoms with E-state index in [2.05, 4.69) is 39.0 Å². The number of amides is 2. The predicted molar refractivity (Wildman–Crippen MR) is 120 cm³/mol. The van der Waals surface area contributed by atoms with E-state index in [1.54, 1.807) is 13.0 Å². The Kier molecular flexibility index (Phi) is 6.49. The molecule has 0 spiro atoms. The molecule has 9 heteroatoms. The summed E-state index contributed by atoms with van der Waals surface area (Å²) in [4.78, 5) is 28.6. The lowest BCUT2D eigenvalue weighted by molar-refractivity contribution is -0.114. The third-order valence-electron chi connectivity index (χ3n) is 4.76. The van der Waals surface area contributed by atoms with Gasteiger partial charge in [0.1, 0.15) is 5.76 Å². The molecule has 0 saturated carbocycles. The van der Waals surface area contributed by atoms with Gasteiger partial charge in [0.2, 0.25) is 11.8 Å². The van der Waals surface area contributed by atoms with Gasteiger partial charge in [-0.25, -0.2) is 4.98 Å². The Morgan fingerprint density at radius 3 is 2.63 bits per heavy atom. The minimum atomic E-state index is -0.231. The maximum atomic E-state index is 12.2. The minimum absolute atomic E-state index is 0.150. The fraction of sp³-hybridized carbons (Fsp3) is 0.333. The Balaban J connectivity index is 1.25. The summed E-state index contributed by atoms with van der Waals surface area (Å²) in [7, 11) is 0. The number of carbonyl (C=O) groups excluding carboxylic acids is 2. The lowest BCUT2D eigenvalue weighted by atomic mass is 9.90. The van der Waals surface area contributed by atoms with Crippen LogP contribution in [-0.2, 0) is 22.4 Å². The topological polar surface area (TPSA) is 97.1 Å². The molecule has 1 aromatic carbocycles. The molecular weight excluding hydrogens is 420 g/mol. The van der Waals surface area contributed by atoms with Gasteiger partial charge in [0.05, 0.1) is 17.2 Å². The first-order chi connectivity index (χ1) is 14.6. The van der Waals surface area contributed by atoms with Crippen molar-refractivity contribution >= 4 is 45.9 Å². The average molecular weight is 443 g/mol. The van der Waals surface area contributed by atoms with Crippen LogP contribution in [0, 0.1) is 6.92 Å². The monoisotopic (exact) mass is 442 g/mol. The van der Waals surface area contributed by atoms with E-state index in [1.807, 2.05) is 5.38 Å². The number of aromatic nitrogens is 2. The van der Waals surface area contributed by atoms with E-state index >= 15 is 0 Å². The molecule has 0 atom stereocenters. The van der Waals surface area contributed by atoms with Crippen molar-refractivity contribution in [3.8, 4) is 11.3 Å². The number of fused-ring (bicyclic) bond motifs is 1. The number of aryl methyl sites for hydroxylation is 3. The molecule has 156 valence electrons. The number of hydrogen-bond donors (Lipinski definition) is 2. The van der Waals surface area contributed by atoms with Crippen molar-refractivity contribution in [2.24, 2.45) is 0 Å². The fourth-order valence-electron chi connectivity index (χ4n) is 3.35. The quantitative estimate of drug-likeness (QED) is 0.566. The minimum Gasteiger partial charge on any atom is -0.360 e. The Hall–Kier alpha value is -2.65. The number of anilines is 2. The summed E-state index contributed by atoms with van der Waals surface area (Å²) in [5, 5.41) is 11.7. The van der Waals surface area contributed by atoms with Gasteiger partial charge in [0.25, 0.3) is 0 Å². The van der Waals surface area contributed by atoms with Crippen LogP contribution in [0.2, 0.25) is 0 Å². The van der Waals surface area contributed by atoms with Crippen molar-refractivity contribution in [2.45, 2.75) is 32.6 Å².